The Morgan fingerprint density at radius 3 is 1.95 bits per heavy atom. The quantitative estimate of drug-likeness (QED) is 0.828. The first-order chi connectivity index (χ1) is 9.08. The lowest BCUT2D eigenvalue weighted by Gasteiger charge is -2.10. The van der Waals surface area contributed by atoms with Crippen LogP contribution in [0.5, 0.6) is 0 Å². The van der Waals surface area contributed by atoms with Crippen molar-refractivity contribution < 1.29 is 31.1 Å². The Kier molecular flexibility index (Phi) is 4.85. The van der Waals surface area contributed by atoms with Gasteiger partial charge < -0.3 is 10.6 Å². The number of urea groups is 1. The Labute approximate surface area is 110 Å². The van der Waals surface area contributed by atoms with Gasteiger partial charge in [0.15, 0.2) is 0 Å². The van der Waals surface area contributed by atoms with Crippen molar-refractivity contribution in [3.63, 3.8) is 0 Å². The molecule has 0 saturated heterocycles. The van der Waals surface area contributed by atoms with Crippen molar-refractivity contribution in [2.75, 3.05) is 6.54 Å². The molecule has 2 N–H and O–H groups in total. The summed E-state index contributed by atoms with van der Waals surface area (Å²) in [7, 11) is 0. The summed E-state index contributed by atoms with van der Waals surface area (Å²) >= 11 is 0. The largest absolute Gasteiger partial charge is 0.416 e. The molecule has 0 unspecified atom stereocenters. The van der Waals surface area contributed by atoms with Gasteiger partial charge in [-0.3, -0.25) is 0 Å². The van der Waals surface area contributed by atoms with Crippen LogP contribution in [0.4, 0.5) is 31.1 Å². The third-order valence-corrected chi connectivity index (χ3v) is 2.18. The first kappa shape index (κ1) is 16.1. The van der Waals surface area contributed by atoms with Crippen molar-refractivity contribution in [1.29, 1.82) is 0 Å². The van der Waals surface area contributed by atoms with Crippen LogP contribution < -0.4 is 10.6 Å². The van der Waals surface area contributed by atoms with Gasteiger partial charge in [0.05, 0.1) is 5.56 Å². The van der Waals surface area contributed by atoms with E-state index >= 15 is 0 Å². The molecule has 0 radical (unpaired) electrons. The highest BCUT2D eigenvalue weighted by atomic mass is 19.4. The number of halogens is 6. The number of rotatable bonds is 3. The van der Waals surface area contributed by atoms with Gasteiger partial charge in [0, 0.05) is 6.54 Å². The number of hydrogen-bond donors (Lipinski definition) is 2. The fourth-order valence-corrected chi connectivity index (χ4v) is 1.24. The van der Waals surface area contributed by atoms with Gasteiger partial charge in [-0.15, -0.1) is 0 Å². The molecule has 3 nitrogen and oxygen atoms in total. The van der Waals surface area contributed by atoms with Crippen LogP contribution in [0.25, 0.3) is 0 Å². The standard InChI is InChI=1S/C11H10F6N2O/c12-10(13,14)6-19-9(20)18-5-7-1-3-8(4-2-7)11(15,16)17/h1-4H,5-6H2,(H2,18,19,20). The van der Waals surface area contributed by atoms with Gasteiger partial charge in [-0.1, -0.05) is 12.1 Å². The monoisotopic (exact) mass is 300 g/mol. The van der Waals surface area contributed by atoms with Crippen molar-refractivity contribution in [3.05, 3.63) is 35.4 Å². The van der Waals surface area contributed by atoms with Gasteiger partial charge in [-0.25, -0.2) is 4.79 Å². The van der Waals surface area contributed by atoms with Crippen LogP contribution >= 0.6 is 0 Å². The minimum absolute atomic E-state index is 0.179. The number of carbonyl (C=O) groups excluding carboxylic acids is 1. The Bertz CT molecular complexity index is 451. The highest BCUT2D eigenvalue weighted by molar-refractivity contribution is 5.73. The zero-order valence-corrected chi connectivity index (χ0v) is 9.90. The maximum absolute atomic E-state index is 12.3. The number of benzene rings is 1. The first-order valence-corrected chi connectivity index (χ1v) is 5.32. The maximum atomic E-state index is 12.3. The number of hydrogen-bond acceptors (Lipinski definition) is 1. The molecule has 0 aliphatic carbocycles. The molecule has 20 heavy (non-hydrogen) atoms. The van der Waals surface area contributed by atoms with Crippen molar-refractivity contribution in [2.45, 2.75) is 18.9 Å². The Morgan fingerprint density at radius 2 is 1.50 bits per heavy atom. The summed E-state index contributed by atoms with van der Waals surface area (Å²) in [6.07, 6.45) is -8.98. The number of amides is 2. The van der Waals surface area contributed by atoms with Gasteiger partial charge in [0.1, 0.15) is 6.54 Å². The van der Waals surface area contributed by atoms with Crippen molar-refractivity contribution in [1.82, 2.24) is 10.6 Å². The van der Waals surface area contributed by atoms with Crippen LogP contribution in [0.1, 0.15) is 11.1 Å². The molecule has 0 aromatic heterocycles. The van der Waals surface area contributed by atoms with E-state index in [4.69, 9.17) is 0 Å². The minimum atomic E-state index is -4.52. The maximum Gasteiger partial charge on any atom is 0.416 e. The SMILES string of the molecule is O=C(NCc1ccc(C(F)(F)F)cc1)NCC(F)(F)F. The lowest BCUT2D eigenvalue weighted by molar-refractivity contribution is -0.137. The minimum Gasteiger partial charge on any atom is -0.334 e. The molecule has 0 aliphatic rings. The van der Waals surface area contributed by atoms with E-state index in [0.29, 0.717) is 5.56 Å². The summed E-state index contributed by atoms with van der Waals surface area (Å²) in [5.74, 6) is 0. The zero-order chi connectivity index (χ0) is 15.4. The van der Waals surface area contributed by atoms with E-state index in [1.165, 1.54) is 0 Å². The second kappa shape index (κ2) is 6.02. The van der Waals surface area contributed by atoms with E-state index in [-0.39, 0.29) is 6.54 Å². The predicted molar refractivity (Wildman–Crippen MR) is 57.7 cm³/mol. The summed E-state index contributed by atoms with van der Waals surface area (Å²) in [5, 5.41) is 3.67. The molecule has 0 heterocycles. The Balaban J connectivity index is 2.44. The molecule has 112 valence electrons. The van der Waals surface area contributed by atoms with Gasteiger partial charge in [-0.05, 0) is 17.7 Å². The summed E-state index contributed by atoms with van der Waals surface area (Å²) in [6.45, 7) is -1.66. The van der Waals surface area contributed by atoms with Crippen molar-refractivity contribution in [3.8, 4) is 0 Å². The van der Waals surface area contributed by atoms with Crippen LogP contribution in [0, 0.1) is 0 Å². The molecule has 9 heteroatoms. The molecule has 1 aromatic carbocycles. The van der Waals surface area contributed by atoms with Crippen LogP contribution in [0.15, 0.2) is 24.3 Å². The van der Waals surface area contributed by atoms with E-state index in [2.05, 4.69) is 5.32 Å². The third kappa shape index (κ3) is 5.81. The number of carbonyl (C=O) groups is 1. The molecule has 0 atom stereocenters. The van der Waals surface area contributed by atoms with Gasteiger partial charge in [0.2, 0.25) is 0 Å². The second-order valence-electron chi connectivity index (χ2n) is 3.85. The summed E-state index contributed by atoms with van der Waals surface area (Å²) in [6, 6.07) is 2.86. The van der Waals surface area contributed by atoms with Crippen LogP contribution in [-0.4, -0.2) is 18.8 Å². The zero-order valence-electron chi connectivity index (χ0n) is 9.90. The lowest BCUT2D eigenvalue weighted by atomic mass is 10.1. The molecule has 2 amide bonds. The smallest absolute Gasteiger partial charge is 0.334 e. The van der Waals surface area contributed by atoms with Gasteiger partial charge >= 0.3 is 18.4 Å². The Morgan fingerprint density at radius 1 is 0.950 bits per heavy atom. The fraction of sp³-hybridized carbons (Fsp3) is 0.364. The molecule has 0 spiro atoms. The summed E-state index contributed by atoms with van der Waals surface area (Å²) in [5.41, 5.74) is -0.511. The van der Waals surface area contributed by atoms with E-state index in [1.54, 1.807) is 5.32 Å². The van der Waals surface area contributed by atoms with Crippen LogP contribution in [0.3, 0.4) is 0 Å². The highest BCUT2D eigenvalue weighted by Crippen LogP contribution is 2.28. The van der Waals surface area contributed by atoms with Gasteiger partial charge in [0.25, 0.3) is 0 Å². The number of nitrogens with one attached hydrogen (secondary N) is 2. The molecule has 1 rings (SSSR count). The summed E-state index contributed by atoms with van der Waals surface area (Å²) < 4.78 is 72.1. The summed E-state index contributed by atoms with van der Waals surface area (Å²) in [4.78, 5) is 11.0. The van der Waals surface area contributed by atoms with Crippen molar-refractivity contribution in [2.24, 2.45) is 0 Å². The van der Waals surface area contributed by atoms with Crippen molar-refractivity contribution >= 4 is 6.03 Å². The van der Waals surface area contributed by atoms with E-state index in [1.807, 2.05) is 0 Å². The second-order valence-corrected chi connectivity index (χ2v) is 3.85. The molecule has 1 aromatic rings. The van der Waals surface area contributed by atoms with Crippen LogP contribution in [0.2, 0.25) is 0 Å². The average Bonchev–Trinajstić information content (AvgIpc) is 2.32. The Hall–Kier alpha value is -1.93. The molecular formula is C11H10F6N2O. The molecule has 0 fully saturated rings. The number of alkyl halides is 6. The third-order valence-electron chi connectivity index (χ3n) is 2.18. The predicted octanol–water partition coefficient (Wildman–Crippen LogP) is 3.07. The average molecular weight is 300 g/mol. The molecule has 0 saturated carbocycles. The van der Waals surface area contributed by atoms with Crippen LogP contribution in [-0.2, 0) is 12.7 Å². The van der Waals surface area contributed by atoms with E-state index in [9.17, 15) is 31.1 Å². The highest BCUT2D eigenvalue weighted by Gasteiger charge is 2.30. The van der Waals surface area contributed by atoms with E-state index in [0.717, 1.165) is 24.3 Å². The normalized spacial score (nSPS) is 12.1. The molecular weight excluding hydrogens is 290 g/mol. The first-order valence-electron chi connectivity index (χ1n) is 5.32. The fourth-order valence-electron chi connectivity index (χ4n) is 1.24. The topological polar surface area (TPSA) is 41.1 Å². The molecule has 0 bridgehead atoms. The molecule has 0 aliphatic heterocycles. The van der Waals surface area contributed by atoms with Gasteiger partial charge in [-0.2, -0.15) is 26.3 Å². The van der Waals surface area contributed by atoms with E-state index < -0.39 is 30.5 Å². The lowest BCUT2D eigenvalue weighted by Crippen LogP contribution is -2.40.